The smallest absolute Gasteiger partial charge is 0.115 e. The van der Waals surface area contributed by atoms with Crippen LogP contribution in [0.1, 0.15) is 25.0 Å². The van der Waals surface area contributed by atoms with Crippen LogP contribution >= 0.6 is 0 Å². The first-order valence-corrected chi connectivity index (χ1v) is 4.37. The molecule has 0 fully saturated rings. The Hall–Kier alpha value is -1.06. The Balaban J connectivity index is 2.77. The lowest BCUT2D eigenvalue weighted by atomic mass is 10.0. The maximum atomic E-state index is 9.67. The van der Waals surface area contributed by atoms with Crippen molar-refractivity contribution in [3.05, 3.63) is 29.8 Å². The first-order chi connectivity index (χ1) is 6.15. The van der Waals surface area contributed by atoms with Crippen molar-refractivity contribution in [2.75, 3.05) is 0 Å². The highest BCUT2D eigenvalue weighted by molar-refractivity contribution is 5.27. The third kappa shape index (κ3) is 2.44. The Morgan fingerprint density at radius 1 is 1.31 bits per heavy atom. The van der Waals surface area contributed by atoms with Crippen LogP contribution in [0.4, 0.5) is 0 Å². The highest BCUT2D eigenvalue weighted by Gasteiger charge is 2.14. The lowest BCUT2D eigenvalue weighted by molar-refractivity contribution is 0.144. The van der Waals surface area contributed by atoms with Gasteiger partial charge < -0.3 is 15.9 Å². The van der Waals surface area contributed by atoms with Crippen LogP contribution in [0, 0.1) is 0 Å². The average Bonchev–Trinajstić information content (AvgIpc) is 2.17. The number of hydrogen-bond donors (Lipinski definition) is 3. The van der Waals surface area contributed by atoms with Gasteiger partial charge in [0.1, 0.15) is 5.75 Å². The van der Waals surface area contributed by atoms with E-state index in [2.05, 4.69) is 0 Å². The van der Waals surface area contributed by atoms with Crippen molar-refractivity contribution >= 4 is 0 Å². The molecule has 13 heavy (non-hydrogen) atoms. The van der Waals surface area contributed by atoms with Crippen molar-refractivity contribution in [1.29, 1.82) is 0 Å². The van der Waals surface area contributed by atoms with Crippen molar-refractivity contribution in [2.45, 2.75) is 25.5 Å². The molecule has 3 nitrogen and oxygen atoms in total. The quantitative estimate of drug-likeness (QED) is 0.655. The summed E-state index contributed by atoms with van der Waals surface area (Å²) < 4.78 is 0. The molecule has 0 saturated heterocycles. The fourth-order valence-corrected chi connectivity index (χ4v) is 1.14. The van der Waals surface area contributed by atoms with E-state index in [9.17, 15) is 5.11 Å². The number of rotatable bonds is 3. The monoisotopic (exact) mass is 181 g/mol. The molecule has 0 aliphatic rings. The topological polar surface area (TPSA) is 66.5 Å². The van der Waals surface area contributed by atoms with Crippen LogP contribution in [-0.4, -0.2) is 16.3 Å². The normalized spacial score (nSPS) is 15.3. The Bertz CT molecular complexity index is 258. The molecule has 72 valence electrons. The molecular formula is C10H15NO2. The van der Waals surface area contributed by atoms with Gasteiger partial charge in [-0.3, -0.25) is 0 Å². The molecular weight excluding hydrogens is 166 g/mol. The van der Waals surface area contributed by atoms with Crippen LogP contribution in [0.5, 0.6) is 5.75 Å². The van der Waals surface area contributed by atoms with E-state index in [4.69, 9.17) is 10.8 Å². The minimum absolute atomic E-state index is 0.195. The van der Waals surface area contributed by atoms with Gasteiger partial charge in [-0.2, -0.15) is 0 Å². The molecule has 0 heterocycles. The van der Waals surface area contributed by atoms with Gasteiger partial charge in [-0.1, -0.05) is 19.1 Å². The fraction of sp³-hybridized carbons (Fsp3) is 0.400. The molecule has 0 unspecified atom stereocenters. The molecule has 1 aromatic rings. The number of benzene rings is 1. The van der Waals surface area contributed by atoms with Crippen LogP contribution in [0.2, 0.25) is 0 Å². The molecule has 0 aliphatic carbocycles. The van der Waals surface area contributed by atoms with Crippen molar-refractivity contribution in [2.24, 2.45) is 5.73 Å². The van der Waals surface area contributed by atoms with E-state index in [0.717, 1.165) is 12.0 Å². The first kappa shape index (κ1) is 10.0. The molecule has 0 radical (unpaired) electrons. The van der Waals surface area contributed by atoms with E-state index in [1.54, 1.807) is 24.3 Å². The summed E-state index contributed by atoms with van der Waals surface area (Å²) in [5, 5.41) is 18.7. The predicted molar refractivity (Wildman–Crippen MR) is 51.3 cm³/mol. The second-order valence-corrected chi connectivity index (χ2v) is 3.11. The van der Waals surface area contributed by atoms with Gasteiger partial charge in [-0.25, -0.2) is 0 Å². The third-order valence-corrected chi connectivity index (χ3v) is 2.11. The van der Waals surface area contributed by atoms with Crippen molar-refractivity contribution < 1.29 is 10.2 Å². The van der Waals surface area contributed by atoms with E-state index in [1.807, 2.05) is 6.92 Å². The highest BCUT2D eigenvalue weighted by atomic mass is 16.3. The van der Waals surface area contributed by atoms with Gasteiger partial charge in [0, 0.05) is 6.04 Å². The van der Waals surface area contributed by atoms with Gasteiger partial charge in [0.2, 0.25) is 0 Å². The number of nitrogens with two attached hydrogens (primary N) is 1. The molecule has 0 aromatic heterocycles. The maximum absolute atomic E-state index is 9.67. The molecule has 2 atom stereocenters. The molecule has 0 saturated carbocycles. The van der Waals surface area contributed by atoms with E-state index < -0.39 is 6.10 Å². The molecule has 0 spiro atoms. The van der Waals surface area contributed by atoms with Gasteiger partial charge in [-0.15, -0.1) is 0 Å². The van der Waals surface area contributed by atoms with Crippen LogP contribution in [0.15, 0.2) is 24.3 Å². The average molecular weight is 181 g/mol. The molecule has 4 N–H and O–H groups in total. The van der Waals surface area contributed by atoms with Crippen molar-refractivity contribution in [1.82, 2.24) is 0 Å². The standard InChI is InChI=1S/C10H15NO2/c1-2-9(11)10(13)7-3-5-8(12)6-4-7/h3-6,9-10,12-13H,2,11H2,1H3/t9-,10+/m0/s1. The first-order valence-electron chi connectivity index (χ1n) is 4.37. The zero-order valence-electron chi connectivity index (χ0n) is 7.64. The zero-order valence-corrected chi connectivity index (χ0v) is 7.64. The fourth-order valence-electron chi connectivity index (χ4n) is 1.14. The Morgan fingerprint density at radius 3 is 2.31 bits per heavy atom. The lowest BCUT2D eigenvalue weighted by Crippen LogP contribution is -2.27. The van der Waals surface area contributed by atoms with Gasteiger partial charge in [-0.05, 0) is 24.1 Å². The summed E-state index contributed by atoms with van der Waals surface area (Å²) in [6.45, 7) is 1.92. The highest BCUT2D eigenvalue weighted by Crippen LogP contribution is 2.19. The molecule has 1 aromatic carbocycles. The van der Waals surface area contributed by atoms with E-state index in [0.29, 0.717) is 0 Å². The molecule has 1 rings (SSSR count). The minimum Gasteiger partial charge on any atom is -0.508 e. The molecule has 0 bridgehead atoms. The third-order valence-electron chi connectivity index (χ3n) is 2.11. The Labute approximate surface area is 77.8 Å². The Morgan fingerprint density at radius 2 is 1.85 bits per heavy atom. The summed E-state index contributed by atoms with van der Waals surface area (Å²) in [6, 6.07) is 6.19. The number of phenols is 1. The van der Waals surface area contributed by atoms with Gasteiger partial charge in [0.15, 0.2) is 0 Å². The molecule has 3 heteroatoms. The molecule has 0 amide bonds. The van der Waals surface area contributed by atoms with Crippen molar-refractivity contribution in [3.63, 3.8) is 0 Å². The van der Waals surface area contributed by atoms with Crippen molar-refractivity contribution in [3.8, 4) is 5.75 Å². The number of aliphatic hydroxyl groups excluding tert-OH is 1. The van der Waals surface area contributed by atoms with E-state index >= 15 is 0 Å². The summed E-state index contributed by atoms with van der Waals surface area (Å²) >= 11 is 0. The van der Waals surface area contributed by atoms with Gasteiger partial charge in [0.25, 0.3) is 0 Å². The predicted octanol–water partition coefficient (Wildman–Crippen LogP) is 1.16. The molecule has 0 aliphatic heterocycles. The van der Waals surface area contributed by atoms with Crippen LogP contribution in [-0.2, 0) is 0 Å². The summed E-state index contributed by atoms with van der Waals surface area (Å²) in [4.78, 5) is 0. The number of aromatic hydroxyl groups is 1. The van der Waals surface area contributed by atoms with Gasteiger partial charge in [0.05, 0.1) is 6.10 Å². The zero-order chi connectivity index (χ0) is 9.84. The summed E-state index contributed by atoms with van der Waals surface area (Å²) in [5.41, 5.74) is 6.42. The SMILES string of the molecule is CC[C@H](N)[C@H](O)c1ccc(O)cc1. The summed E-state index contributed by atoms with van der Waals surface area (Å²) in [7, 11) is 0. The number of aliphatic hydroxyl groups is 1. The maximum Gasteiger partial charge on any atom is 0.115 e. The second kappa shape index (κ2) is 4.25. The van der Waals surface area contributed by atoms with Crippen LogP contribution < -0.4 is 5.73 Å². The summed E-state index contributed by atoms with van der Waals surface area (Å²) in [6.07, 6.45) is 0.0767. The van der Waals surface area contributed by atoms with E-state index in [-0.39, 0.29) is 11.8 Å². The van der Waals surface area contributed by atoms with Crippen LogP contribution in [0.3, 0.4) is 0 Å². The minimum atomic E-state index is -0.648. The van der Waals surface area contributed by atoms with E-state index in [1.165, 1.54) is 0 Å². The second-order valence-electron chi connectivity index (χ2n) is 3.11. The largest absolute Gasteiger partial charge is 0.508 e. The van der Waals surface area contributed by atoms with Gasteiger partial charge >= 0.3 is 0 Å². The van der Waals surface area contributed by atoms with Crippen LogP contribution in [0.25, 0.3) is 0 Å². The Kier molecular flexibility index (Phi) is 3.28. The number of hydrogen-bond acceptors (Lipinski definition) is 3. The summed E-state index contributed by atoms with van der Waals surface area (Å²) in [5.74, 6) is 0.195. The lowest BCUT2D eigenvalue weighted by Gasteiger charge is -2.17. The number of phenolic OH excluding ortho intramolecular Hbond substituents is 1.